The first kappa shape index (κ1) is 13.5. The highest BCUT2D eigenvalue weighted by Crippen LogP contribution is 2.36. The van der Waals surface area contributed by atoms with Crippen LogP contribution in [0, 0.1) is 5.41 Å². The van der Waals surface area contributed by atoms with Crippen molar-refractivity contribution in [1.82, 2.24) is 0 Å². The molecule has 0 N–H and O–H groups in total. The molecule has 1 saturated carbocycles. The van der Waals surface area contributed by atoms with Crippen molar-refractivity contribution in [3.63, 3.8) is 0 Å². The van der Waals surface area contributed by atoms with Gasteiger partial charge in [0.15, 0.2) is 0 Å². The lowest BCUT2D eigenvalue weighted by Crippen LogP contribution is -2.28. The molecule has 0 saturated heterocycles. The molecule has 15 heavy (non-hydrogen) atoms. The summed E-state index contributed by atoms with van der Waals surface area (Å²) in [5.74, 6) is 0. The quantitative estimate of drug-likeness (QED) is 0.393. The number of unbranched alkanes of at least 4 members (excludes halogenated alkanes) is 1. The minimum absolute atomic E-state index is 0.449. The predicted molar refractivity (Wildman–Crippen MR) is 69.7 cm³/mol. The van der Waals surface area contributed by atoms with Crippen LogP contribution in [0.1, 0.15) is 58.3 Å². The van der Waals surface area contributed by atoms with Crippen LogP contribution in [-0.4, -0.2) is 18.5 Å². The van der Waals surface area contributed by atoms with E-state index in [1.165, 1.54) is 51.4 Å². The second kappa shape index (κ2) is 7.67. The molecule has 0 unspecified atom stereocenters. The van der Waals surface area contributed by atoms with E-state index in [4.69, 9.17) is 4.74 Å². The van der Waals surface area contributed by atoms with Crippen LogP contribution in [0.3, 0.4) is 0 Å². The Bertz CT molecular complexity index is 151. The molecular weight excluding hydrogens is 252 g/mol. The molecular formula is C13H25BrO. The van der Waals surface area contributed by atoms with Crippen molar-refractivity contribution in [2.75, 3.05) is 18.5 Å². The zero-order valence-electron chi connectivity index (χ0n) is 10.1. The third kappa shape index (κ3) is 4.86. The van der Waals surface area contributed by atoms with E-state index in [0.717, 1.165) is 18.5 Å². The SMILES string of the molecule is CCCCOCC1(CBr)CCCCCC1. The highest BCUT2D eigenvalue weighted by Gasteiger charge is 2.29. The topological polar surface area (TPSA) is 9.23 Å². The Labute approximate surface area is 103 Å². The average Bonchev–Trinajstić information content (AvgIpc) is 2.51. The number of alkyl halides is 1. The van der Waals surface area contributed by atoms with Crippen LogP contribution in [0.4, 0.5) is 0 Å². The van der Waals surface area contributed by atoms with E-state index in [2.05, 4.69) is 22.9 Å². The first-order chi connectivity index (χ1) is 7.33. The van der Waals surface area contributed by atoms with Crippen molar-refractivity contribution in [2.45, 2.75) is 58.3 Å². The molecule has 0 aromatic heterocycles. The Balaban J connectivity index is 2.29. The molecule has 1 aliphatic carbocycles. The summed E-state index contributed by atoms with van der Waals surface area (Å²) in [4.78, 5) is 0. The van der Waals surface area contributed by atoms with Gasteiger partial charge in [-0.05, 0) is 19.3 Å². The zero-order valence-corrected chi connectivity index (χ0v) is 11.7. The lowest BCUT2D eigenvalue weighted by atomic mass is 9.83. The van der Waals surface area contributed by atoms with E-state index in [-0.39, 0.29) is 0 Å². The van der Waals surface area contributed by atoms with Crippen LogP contribution in [0.25, 0.3) is 0 Å². The molecule has 1 nitrogen and oxygen atoms in total. The van der Waals surface area contributed by atoms with Gasteiger partial charge in [-0.25, -0.2) is 0 Å². The minimum atomic E-state index is 0.449. The standard InChI is InChI=1S/C13H25BrO/c1-2-3-10-15-12-13(11-14)8-6-4-5-7-9-13/h2-12H2,1H3. The van der Waals surface area contributed by atoms with Crippen molar-refractivity contribution < 1.29 is 4.74 Å². The van der Waals surface area contributed by atoms with Crippen LogP contribution < -0.4 is 0 Å². The summed E-state index contributed by atoms with van der Waals surface area (Å²) in [6.45, 7) is 4.14. The van der Waals surface area contributed by atoms with Gasteiger partial charge in [0, 0.05) is 17.4 Å². The van der Waals surface area contributed by atoms with Crippen LogP contribution in [0.2, 0.25) is 0 Å². The fourth-order valence-electron chi connectivity index (χ4n) is 2.33. The third-order valence-corrected chi connectivity index (χ3v) is 4.69. The molecule has 0 spiro atoms. The maximum absolute atomic E-state index is 5.83. The normalized spacial score (nSPS) is 21.2. The molecule has 1 fully saturated rings. The Morgan fingerprint density at radius 3 is 2.33 bits per heavy atom. The van der Waals surface area contributed by atoms with E-state index < -0.39 is 0 Å². The first-order valence-electron chi connectivity index (χ1n) is 6.47. The van der Waals surface area contributed by atoms with Crippen molar-refractivity contribution in [3.05, 3.63) is 0 Å². The number of ether oxygens (including phenoxy) is 1. The number of hydrogen-bond donors (Lipinski definition) is 0. The average molecular weight is 277 g/mol. The molecule has 0 aromatic carbocycles. The highest BCUT2D eigenvalue weighted by atomic mass is 79.9. The largest absolute Gasteiger partial charge is 0.381 e. The van der Waals surface area contributed by atoms with Gasteiger partial charge in [0.25, 0.3) is 0 Å². The van der Waals surface area contributed by atoms with Crippen LogP contribution >= 0.6 is 15.9 Å². The number of halogens is 1. The summed E-state index contributed by atoms with van der Waals surface area (Å²) in [6, 6.07) is 0. The highest BCUT2D eigenvalue weighted by molar-refractivity contribution is 9.09. The monoisotopic (exact) mass is 276 g/mol. The lowest BCUT2D eigenvalue weighted by molar-refractivity contribution is 0.0461. The van der Waals surface area contributed by atoms with Gasteiger partial charge in [-0.2, -0.15) is 0 Å². The van der Waals surface area contributed by atoms with Crippen molar-refractivity contribution in [2.24, 2.45) is 5.41 Å². The molecule has 0 heterocycles. The summed E-state index contributed by atoms with van der Waals surface area (Å²) >= 11 is 3.69. The molecule has 0 atom stereocenters. The molecule has 2 heteroatoms. The fraction of sp³-hybridized carbons (Fsp3) is 1.00. The van der Waals surface area contributed by atoms with Crippen molar-refractivity contribution >= 4 is 15.9 Å². The van der Waals surface area contributed by atoms with Crippen molar-refractivity contribution in [3.8, 4) is 0 Å². The van der Waals surface area contributed by atoms with Gasteiger partial charge in [-0.1, -0.05) is 55.0 Å². The van der Waals surface area contributed by atoms with Gasteiger partial charge in [0.1, 0.15) is 0 Å². The van der Waals surface area contributed by atoms with Gasteiger partial charge in [-0.15, -0.1) is 0 Å². The Morgan fingerprint density at radius 2 is 1.80 bits per heavy atom. The number of hydrogen-bond acceptors (Lipinski definition) is 1. The van der Waals surface area contributed by atoms with Crippen molar-refractivity contribution in [1.29, 1.82) is 0 Å². The van der Waals surface area contributed by atoms with E-state index >= 15 is 0 Å². The predicted octanol–water partition coefficient (Wildman–Crippen LogP) is 4.54. The van der Waals surface area contributed by atoms with Gasteiger partial charge < -0.3 is 4.74 Å². The van der Waals surface area contributed by atoms with Gasteiger partial charge in [0.05, 0.1) is 6.61 Å². The molecule has 1 rings (SSSR count). The second-order valence-corrected chi connectivity index (χ2v) is 5.51. The van der Waals surface area contributed by atoms with Crippen LogP contribution in [0.5, 0.6) is 0 Å². The Morgan fingerprint density at radius 1 is 1.13 bits per heavy atom. The molecule has 0 aromatic rings. The number of rotatable bonds is 6. The summed E-state index contributed by atoms with van der Waals surface area (Å²) in [6.07, 6.45) is 10.8. The van der Waals surface area contributed by atoms with Crippen LogP contribution in [0.15, 0.2) is 0 Å². The molecule has 90 valence electrons. The summed E-state index contributed by atoms with van der Waals surface area (Å²) in [5.41, 5.74) is 0.449. The fourth-order valence-corrected chi connectivity index (χ4v) is 3.05. The molecule has 0 bridgehead atoms. The van der Waals surface area contributed by atoms with E-state index in [9.17, 15) is 0 Å². The van der Waals surface area contributed by atoms with E-state index in [0.29, 0.717) is 5.41 Å². The van der Waals surface area contributed by atoms with Gasteiger partial charge in [-0.3, -0.25) is 0 Å². The zero-order chi connectivity index (χ0) is 11.0. The summed E-state index contributed by atoms with van der Waals surface area (Å²) in [7, 11) is 0. The molecule has 1 aliphatic rings. The van der Waals surface area contributed by atoms with Gasteiger partial charge >= 0.3 is 0 Å². The second-order valence-electron chi connectivity index (χ2n) is 4.95. The summed E-state index contributed by atoms with van der Waals surface area (Å²) < 4.78 is 5.83. The van der Waals surface area contributed by atoms with E-state index in [1.807, 2.05) is 0 Å². The maximum atomic E-state index is 5.83. The third-order valence-electron chi connectivity index (χ3n) is 3.50. The maximum Gasteiger partial charge on any atom is 0.0530 e. The molecule has 0 radical (unpaired) electrons. The van der Waals surface area contributed by atoms with Gasteiger partial charge in [0.2, 0.25) is 0 Å². The Kier molecular flexibility index (Phi) is 6.91. The van der Waals surface area contributed by atoms with E-state index in [1.54, 1.807) is 0 Å². The lowest BCUT2D eigenvalue weighted by Gasteiger charge is -2.30. The first-order valence-corrected chi connectivity index (χ1v) is 7.59. The minimum Gasteiger partial charge on any atom is -0.381 e. The Hall–Kier alpha value is 0.440. The van der Waals surface area contributed by atoms with Crippen LogP contribution in [-0.2, 0) is 4.74 Å². The summed E-state index contributed by atoms with van der Waals surface area (Å²) in [5, 5.41) is 1.12. The molecule has 0 amide bonds. The smallest absolute Gasteiger partial charge is 0.0530 e. The molecule has 0 aliphatic heterocycles.